The smallest absolute Gasteiger partial charge is 0.340 e. The van der Waals surface area contributed by atoms with Crippen LogP contribution in [0.5, 0.6) is 0 Å². The van der Waals surface area contributed by atoms with Crippen LogP contribution in [0.15, 0.2) is 60.8 Å². The van der Waals surface area contributed by atoms with Crippen molar-refractivity contribution in [1.29, 1.82) is 0 Å². The van der Waals surface area contributed by atoms with Crippen LogP contribution < -0.4 is 10.6 Å². The third kappa shape index (κ3) is 4.67. The number of thiazole rings is 1. The van der Waals surface area contributed by atoms with E-state index in [9.17, 15) is 9.59 Å². The van der Waals surface area contributed by atoms with Crippen molar-refractivity contribution in [2.45, 2.75) is 6.92 Å². The van der Waals surface area contributed by atoms with E-state index >= 15 is 0 Å². The molecule has 26 heavy (non-hydrogen) atoms. The standard InChI is InChI=1S/C19H17N3O3S/c1-13-11-20-19(26-13)22-17(23)12-25-18(24)15-9-5-6-10-16(15)21-14-7-3-2-4-8-14/h2-11,21H,12H2,1H3,(H,20,22,23). The highest BCUT2D eigenvalue weighted by atomic mass is 32.1. The first kappa shape index (κ1) is 17.6. The van der Waals surface area contributed by atoms with Crippen LogP contribution in [-0.2, 0) is 9.53 Å². The summed E-state index contributed by atoms with van der Waals surface area (Å²) in [5, 5.41) is 6.25. The first-order valence-electron chi connectivity index (χ1n) is 7.92. The lowest BCUT2D eigenvalue weighted by Crippen LogP contribution is -2.21. The van der Waals surface area contributed by atoms with Gasteiger partial charge in [0.25, 0.3) is 5.91 Å². The van der Waals surface area contributed by atoms with Gasteiger partial charge >= 0.3 is 5.97 Å². The van der Waals surface area contributed by atoms with Gasteiger partial charge in [0.2, 0.25) is 0 Å². The Morgan fingerprint density at radius 1 is 1.08 bits per heavy atom. The van der Waals surface area contributed by atoms with Gasteiger partial charge in [-0.05, 0) is 31.2 Å². The quantitative estimate of drug-likeness (QED) is 0.644. The van der Waals surface area contributed by atoms with Crippen LogP contribution in [0.2, 0.25) is 0 Å². The lowest BCUT2D eigenvalue weighted by molar-refractivity contribution is -0.119. The summed E-state index contributed by atoms with van der Waals surface area (Å²) < 4.78 is 5.13. The summed E-state index contributed by atoms with van der Waals surface area (Å²) in [6, 6.07) is 16.5. The second-order valence-corrected chi connectivity index (χ2v) is 6.67. The van der Waals surface area contributed by atoms with Crippen molar-refractivity contribution in [3.63, 3.8) is 0 Å². The van der Waals surface area contributed by atoms with Gasteiger partial charge in [-0.25, -0.2) is 9.78 Å². The summed E-state index contributed by atoms with van der Waals surface area (Å²) in [5.41, 5.74) is 1.82. The number of anilines is 3. The molecule has 3 rings (SSSR count). The van der Waals surface area contributed by atoms with E-state index in [0.717, 1.165) is 10.6 Å². The summed E-state index contributed by atoms with van der Waals surface area (Å²) in [6.45, 7) is 1.52. The van der Waals surface area contributed by atoms with Gasteiger partial charge in [0, 0.05) is 16.8 Å². The third-order valence-corrected chi connectivity index (χ3v) is 4.23. The molecule has 2 aromatic carbocycles. The van der Waals surface area contributed by atoms with Crippen LogP contribution in [-0.4, -0.2) is 23.5 Å². The largest absolute Gasteiger partial charge is 0.452 e. The molecule has 0 atom stereocenters. The van der Waals surface area contributed by atoms with Crippen LogP contribution in [0.3, 0.4) is 0 Å². The van der Waals surface area contributed by atoms with Crippen molar-refractivity contribution in [2.24, 2.45) is 0 Å². The molecule has 7 heteroatoms. The number of nitrogens with one attached hydrogen (secondary N) is 2. The number of hydrogen-bond donors (Lipinski definition) is 2. The van der Waals surface area contributed by atoms with Crippen molar-refractivity contribution in [1.82, 2.24) is 4.98 Å². The maximum Gasteiger partial charge on any atom is 0.340 e. The molecule has 0 spiro atoms. The van der Waals surface area contributed by atoms with E-state index in [0.29, 0.717) is 16.4 Å². The van der Waals surface area contributed by atoms with Crippen molar-refractivity contribution < 1.29 is 14.3 Å². The second kappa shape index (κ2) is 8.26. The highest BCUT2D eigenvalue weighted by molar-refractivity contribution is 7.15. The molecule has 0 radical (unpaired) electrons. The fourth-order valence-corrected chi connectivity index (χ4v) is 2.90. The van der Waals surface area contributed by atoms with E-state index in [2.05, 4.69) is 15.6 Å². The molecule has 1 aromatic heterocycles. The lowest BCUT2D eigenvalue weighted by atomic mass is 10.1. The van der Waals surface area contributed by atoms with Crippen LogP contribution in [0, 0.1) is 6.92 Å². The Balaban J connectivity index is 1.62. The van der Waals surface area contributed by atoms with Gasteiger partial charge in [-0.1, -0.05) is 30.3 Å². The van der Waals surface area contributed by atoms with Gasteiger partial charge < -0.3 is 10.1 Å². The maximum absolute atomic E-state index is 12.4. The molecule has 0 aliphatic heterocycles. The van der Waals surface area contributed by atoms with Crippen LogP contribution in [0.4, 0.5) is 16.5 Å². The van der Waals surface area contributed by atoms with Gasteiger partial charge in [-0.3, -0.25) is 10.1 Å². The van der Waals surface area contributed by atoms with E-state index in [1.165, 1.54) is 11.3 Å². The molecule has 0 saturated heterocycles. The Bertz CT molecular complexity index is 909. The molecule has 132 valence electrons. The van der Waals surface area contributed by atoms with Gasteiger partial charge in [0.1, 0.15) is 0 Å². The minimum Gasteiger partial charge on any atom is -0.452 e. The summed E-state index contributed by atoms with van der Waals surface area (Å²) in [7, 11) is 0. The summed E-state index contributed by atoms with van der Waals surface area (Å²) in [6.07, 6.45) is 1.66. The maximum atomic E-state index is 12.4. The average Bonchev–Trinajstić information content (AvgIpc) is 3.06. The number of benzene rings is 2. The molecule has 3 aromatic rings. The predicted octanol–water partition coefficient (Wildman–Crippen LogP) is 3.99. The first-order chi connectivity index (χ1) is 12.6. The zero-order chi connectivity index (χ0) is 18.4. The molecule has 2 N–H and O–H groups in total. The molecule has 1 amide bonds. The topological polar surface area (TPSA) is 80.3 Å². The fraction of sp³-hybridized carbons (Fsp3) is 0.105. The molecular weight excluding hydrogens is 350 g/mol. The number of amides is 1. The van der Waals surface area contributed by atoms with Crippen LogP contribution >= 0.6 is 11.3 Å². The number of para-hydroxylation sites is 2. The van der Waals surface area contributed by atoms with Gasteiger partial charge in [-0.2, -0.15) is 0 Å². The minimum atomic E-state index is -0.575. The third-order valence-electron chi connectivity index (χ3n) is 3.40. The summed E-state index contributed by atoms with van der Waals surface area (Å²) in [5.74, 6) is -1.00. The Kier molecular flexibility index (Phi) is 5.60. The Hall–Kier alpha value is -3.19. The van der Waals surface area contributed by atoms with Crippen LogP contribution in [0.25, 0.3) is 0 Å². The predicted molar refractivity (Wildman–Crippen MR) is 102 cm³/mol. The van der Waals surface area contributed by atoms with Crippen molar-refractivity contribution in [3.05, 3.63) is 71.2 Å². The number of rotatable bonds is 6. The number of nitrogens with zero attached hydrogens (tertiary/aromatic N) is 1. The number of aryl methyl sites for hydroxylation is 1. The van der Waals surface area contributed by atoms with Crippen molar-refractivity contribution >= 4 is 39.7 Å². The first-order valence-corrected chi connectivity index (χ1v) is 8.74. The van der Waals surface area contributed by atoms with E-state index in [1.54, 1.807) is 24.4 Å². The Labute approximate surface area is 154 Å². The van der Waals surface area contributed by atoms with E-state index in [1.807, 2.05) is 43.3 Å². The molecule has 0 aliphatic rings. The number of hydrogen-bond acceptors (Lipinski definition) is 6. The zero-order valence-electron chi connectivity index (χ0n) is 14.1. The van der Waals surface area contributed by atoms with Gasteiger partial charge in [0.05, 0.1) is 11.3 Å². The van der Waals surface area contributed by atoms with Crippen molar-refractivity contribution in [2.75, 3.05) is 17.2 Å². The van der Waals surface area contributed by atoms with Crippen molar-refractivity contribution in [3.8, 4) is 0 Å². The normalized spacial score (nSPS) is 10.2. The Morgan fingerprint density at radius 3 is 2.54 bits per heavy atom. The number of carbonyl (C=O) groups is 2. The molecule has 6 nitrogen and oxygen atoms in total. The Morgan fingerprint density at radius 2 is 1.81 bits per heavy atom. The number of ether oxygens (including phenoxy) is 1. The van der Waals surface area contributed by atoms with Gasteiger partial charge in [0.15, 0.2) is 11.7 Å². The fourth-order valence-electron chi connectivity index (χ4n) is 2.22. The second-order valence-electron chi connectivity index (χ2n) is 5.44. The van der Waals surface area contributed by atoms with E-state index in [4.69, 9.17) is 4.74 Å². The van der Waals surface area contributed by atoms with E-state index < -0.39 is 11.9 Å². The van der Waals surface area contributed by atoms with Crippen LogP contribution in [0.1, 0.15) is 15.2 Å². The SMILES string of the molecule is Cc1cnc(NC(=O)COC(=O)c2ccccc2Nc2ccccc2)s1. The molecule has 0 bridgehead atoms. The number of carbonyl (C=O) groups excluding carboxylic acids is 2. The van der Waals surface area contributed by atoms with E-state index in [-0.39, 0.29) is 6.61 Å². The molecule has 0 fully saturated rings. The summed E-state index contributed by atoms with van der Waals surface area (Å²) in [4.78, 5) is 29.3. The summed E-state index contributed by atoms with van der Waals surface area (Å²) >= 11 is 1.36. The molecule has 0 aliphatic carbocycles. The lowest BCUT2D eigenvalue weighted by Gasteiger charge is -2.11. The zero-order valence-corrected chi connectivity index (χ0v) is 14.9. The molecule has 1 heterocycles. The number of aromatic nitrogens is 1. The monoisotopic (exact) mass is 367 g/mol. The molecule has 0 unspecified atom stereocenters. The number of esters is 1. The highest BCUT2D eigenvalue weighted by Gasteiger charge is 2.15. The highest BCUT2D eigenvalue weighted by Crippen LogP contribution is 2.21. The minimum absolute atomic E-state index is 0.356. The van der Waals surface area contributed by atoms with Gasteiger partial charge in [-0.15, -0.1) is 11.3 Å². The average molecular weight is 367 g/mol. The molecule has 0 saturated carbocycles. The molecular formula is C19H17N3O3S.